The maximum atomic E-state index is 7.81. The summed E-state index contributed by atoms with van der Waals surface area (Å²) in [4.78, 5) is 0. The highest BCUT2D eigenvalue weighted by Crippen LogP contribution is 2.65. The minimum atomic E-state index is -0.784. The molecule has 5 aliphatic rings. The molecule has 3 atom stereocenters. The Labute approximate surface area is 405 Å². The summed E-state index contributed by atoms with van der Waals surface area (Å²) in [5.41, 5.74) is 17.2. The van der Waals surface area contributed by atoms with Gasteiger partial charge in [-0.3, -0.25) is 0 Å². The van der Waals surface area contributed by atoms with Crippen LogP contribution in [0.25, 0.3) is 44.2 Å². The molecule has 7 aromatic carbocycles. The second-order valence-electron chi connectivity index (χ2n) is 22.1. The summed E-state index contributed by atoms with van der Waals surface area (Å²) >= 11 is 0. The summed E-state index contributed by atoms with van der Waals surface area (Å²) in [6, 6.07) is 55.0. The number of hydrogen-bond donors (Lipinski definition) is 0. The van der Waals surface area contributed by atoms with Crippen LogP contribution in [0.15, 0.2) is 158 Å². The van der Waals surface area contributed by atoms with Crippen molar-refractivity contribution in [1.82, 2.24) is 0 Å². The topological polar surface area (TPSA) is 18.5 Å². The third-order valence-electron chi connectivity index (χ3n) is 18.3. The summed E-state index contributed by atoms with van der Waals surface area (Å²) in [6.45, 7) is 19.3. The summed E-state index contributed by atoms with van der Waals surface area (Å²) in [7, 11) is 0. The Bertz CT molecular complexity index is 3160. The molecular weight excluding hydrogens is 825 g/mol. The lowest BCUT2D eigenvalue weighted by molar-refractivity contribution is -0.171. The molecule has 68 heavy (non-hydrogen) atoms. The van der Waals surface area contributed by atoms with Gasteiger partial charge in [0.05, 0.1) is 5.60 Å². The first-order valence-electron chi connectivity index (χ1n) is 25.8. The van der Waals surface area contributed by atoms with E-state index in [2.05, 4.69) is 213 Å². The van der Waals surface area contributed by atoms with Gasteiger partial charge < -0.3 is 9.47 Å². The number of benzene rings is 7. The third-order valence-corrected chi connectivity index (χ3v) is 18.3. The standard InChI is InChI=1S/C66H66O2/c1-9-12-21-38-63(7)60-50-40-59-51(39-45(50)34-35-57(60)61(63,4)5)52(41-65(67-59)53-26-17-13-22-46(53)47-23-14-18-27-54(47)65)43-30-32-44(33-31-43)58-42-66(68-64(8,37-11-3)62(58,6)36-10-2)55-28-19-15-24-48(55)49-25-16-20-29-56(49)66/h13-20,22-35,39-42H,9-12,21,36-38H2,1-8H3. The van der Waals surface area contributed by atoms with Crippen LogP contribution in [0.1, 0.15) is 157 Å². The first kappa shape index (κ1) is 43.3. The quantitative estimate of drug-likeness (QED) is 0.127. The van der Waals surface area contributed by atoms with Crippen LogP contribution in [0.4, 0.5) is 0 Å². The molecule has 2 nitrogen and oxygen atoms in total. The predicted octanol–water partition coefficient (Wildman–Crippen LogP) is 17.4. The van der Waals surface area contributed by atoms with Gasteiger partial charge in [0.25, 0.3) is 0 Å². The van der Waals surface area contributed by atoms with Crippen molar-refractivity contribution < 1.29 is 9.47 Å². The van der Waals surface area contributed by atoms with E-state index in [4.69, 9.17) is 9.47 Å². The Morgan fingerprint density at radius 3 is 1.54 bits per heavy atom. The summed E-state index contributed by atoms with van der Waals surface area (Å²) in [5.74, 6) is 0.957. The summed E-state index contributed by atoms with van der Waals surface area (Å²) in [5, 5.41) is 2.63. The molecule has 3 unspecified atom stereocenters. The molecular formula is C66H66O2. The van der Waals surface area contributed by atoms with Gasteiger partial charge in [0.15, 0.2) is 5.60 Å². The van der Waals surface area contributed by atoms with Gasteiger partial charge >= 0.3 is 0 Å². The van der Waals surface area contributed by atoms with Crippen LogP contribution in [-0.2, 0) is 26.8 Å². The fraction of sp³-hybridized carbons (Fsp3) is 0.333. The van der Waals surface area contributed by atoms with Crippen LogP contribution >= 0.6 is 0 Å². The molecule has 0 aromatic heterocycles. The normalized spacial score (nSPS) is 23.6. The van der Waals surface area contributed by atoms with Gasteiger partial charge in [-0.1, -0.05) is 214 Å². The van der Waals surface area contributed by atoms with Crippen LogP contribution in [-0.4, -0.2) is 5.60 Å². The fourth-order valence-electron chi connectivity index (χ4n) is 14.3. The van der Waals surface area contributed by atoms with Crippen LogP contribution in [0.3, 0.4) is 0 Å². The molecule has 7 aromatic rings. The molecule has 0 N–H and O–H groups in total. The highest BCUT2D eigenvalue weighted by molar-refractivity contribution is 5.99. The lowest BCUT2D eigenvalue weighted by Crippen LogP contribution is -2.55. The van der Waals surface area contributed by atoms with Gasteiger partial charge in [-0.15, -0.1) is 0 Å². The molecule has 342 valence electrons. The zero-order valence-electron chi connectivity index (χ0n) is 41.5. The highest BCUT2D eigenvalue weighted by atomic mass is 16.5. The van der Waals surface area contributed by atoms with Crippen molar-refractivity contribution in [2.75, 3.05) is 0 Å². The smallest absolute Gasteiger partial charge is 0.179 e. The number of ether oxygens (including phenoxy) is 2. The minimum absolute atomic E-state index is 0.0816. The second kappa shape index (κ2) is 15.3. The fourth-order valence-corrected chi connectivity index (χ4v) is 14.3. The van der Waals surface area contributed by atoms with E-state index in [1.165, 1.54) is 114 Å². The van der Waals surface area contributed by atoms with Gasteiger partial charge in [-0.05, 0) is 122 Å². The van der Waals surface area contributed by atoms with Gasteiger partial charge in [-0.2, -0.15) is 0 Å². The van der Waals surface area contributed by atoms with Crippen molar-refractivity contribution in [2.24, 2.45) is 5.41 Å². The van der Waals surface area contributed by atoms with E-state index in [0.717, 1.165) is 37.0 Å². The molecule has 0 amide bonds. The lowest BCUT2D eigenvalue weighted by Gasteiger charge is -2.57. The van der Waals surface area contributed by atoms with Gasteiger partial charge in [-0.25, -0.2) is 0 Å². The number of hydrogen-bond acceptors (Lipinski definition) is 2. The average molecular weight is 891 g/mol. The SMILES string of the molecule is CCCCCC1(C)c2c(ccc3cc4c(cc23)OC2(C=C4c3ccc(C4=CC5(OC(C)(CCC)C4(C)CCC)c4ccccc4-c4ccccc45)cc3)c3ccccc3-c3ccccc32)C1(C)C. The van der Waals surface area contributed by atoms with Crippen molar-refractivity contribution >= 4 is 21.9 Å². The van der Waals surface area contributed by atoms with Crippen LogP contribution in [0, 0.1) is 5.41 Å². The summed E-state index contributed by atoms with van der Waals surface area (Å²) < 4.78 is 15.5. The van der Waals surface area contributed by atoms with Crippen LogP contribution < -0.4 is 4.74 Å². The zero-order chi connectivity index (χ0) is 46.8. The Hall–Kier alpha value is -5.96. The van der Waals surface area contributed by atoms with E-state index >= 15 is 0 Å². The van der Waals surface area contributed by atoms with Crippen molar-refractivity contribution in [3.05, 3.63) is 208 Å². The third kappa shape index (κ3) is 5.67. The van der Waals surface area contributed by atoms with Gasteiger partial charge in [0.2, 0.25) is 0 Å². The van der Waals surface area contributed by atoms with Crippen molar-refractivity contribution in [1.29, 1.82) is 0 Å². The van der Waals surface area contributed by atoms with Crippen LogP contribution in [0.5, 0.6) is 5.75 Å². The van der Waals surface area contributed by atoms with Crippen LogP contribution in [0.2, 0.25) is 0 Å². The molecule has 0 saturated carbocycles. The van der Waals surface area contributed by atoms with E-state index < -0.39 is 16.8 Å². The monoisotopic (exact) mass is 891 g/mol. The largest absolute Gasteiger partial charge is 0.473 e. The molecule has 2 aliphatic heterocycles. The Morgan fingerprint density at radius 2 is 0.985 bits per heavy atom. The van der Waals surface area contributed by atoms with E-state index in [9.17, 15) is 0 Å². The van der Waals surface area contributed by atoms with E-state index in [1.807, 2.05) is 0 Å². The van der Waals surface area contributed by atoms with Gasteiger partial charge in [0, 0.05) is 38.6 Å². The van der Waals surface area contributed by atoms with Crippen molar-refractivity contribution in [3.8, 4) is 28.0 Å². The van der Waals surface area contributed by atoms with Crippen molar-refractivity contribution in [3.63, 3.8) is 0 Å². The first-order valence-corrected chi connectivity index (χ1v) is 25.8. The number of rotatable bonds is 10. The van der Waals surface area contributed by atoms with E-state index in [0.29, 0.717) is 0 Å². The average Bonchev–Trinajstić information content (AvgIpc) is 3.77. The maximum Gasteiger partial charge on any atom is 0.179 e. The number of fused-ring (bicyclic) bond motifs is 14. The Kier molecular flexibility index (Phi) is 9.73. The molecule has 0 bridgehead atoms. The first-order chi connectivity index (χ1) is 32.9. The molecule has 2 heterocycles. The maximum absolute atomic E-state index is 7.81. The molecule has 0 fully saturated rings. The van der Waals surface area contributed by atoms with E-state index in [-0.39, 0.29) is 16.2 Å². The zero-order valence-corrected chi connectivity index (χ0v) is 41.5. The van der Waals surface area contributed by atoms with Crippen molar-refractivity contribution in [2.45, 2.75) is 134 Å². The lowest BCUT2D eigenvalue weighted by atomic mass is 9.46. The molecule has 2 heteroatoms. The molecule has 3 aliphatic carbocycles. The predicted molar refractivity (Wildman–Crippen MR) is 283 cm³/mol. The second-order valence-corrected chi connectivity index (χ2v) is 22.1. The number of unbranched alkanes of at least 4 members (excludes halogenated alkanes) is 2. The molecule has 12 rings (SSSR count). The molecule has 2 spiro atoms. The summed E-state index contributed by atoms with van der Waals surface area (Å²) in [6.07, 6.45) is 14.0. The molecule has 0 saturated heterocycles. The Morgan fingerprint density at radius 1 is 0.441 bits per heavy atom. The Balaban J connectivity index is 1.06. The minimum Gasteiger partial charge on any atom is -0.473 e. The highest BCUT2D eigenvalue weighted by Gasteiger charge is 2.59. The van der Waals surface area contributed by atoms with Gasteiger partial charge in [0.1, 0.15) is 11.4 Å². The molecule has 0 radical (unpaired) electrons. The van der Waals surface area contributed by atoms with E-state index in [1.54, 1.807) is 0 Å².